The molecule has 2 amide bonds. The van der Waals surface area contributed by atoms with Crippen molar-refractivity contribution in [3.05, 3.63) is 88.4 Å². The summed E-state index contributed by atoms with van der Waals surface area (Å²) in [6.07, 6.45) is -4.62. The van der Waals surface area contributed by atoms with Crippen molar-refractivity contribution in [2.45, 2.75) is 24.4 Å². The fourth-order valence-electron chi connectivity index (χ4n) is 4.47. The first-order chi connectivity index (χ1) is 20.4. The maximum absolute atomic E-state index is 13.6. The molecule has 0 unspecified atom stereocenters. The van der Waals surface area contributed by atoms with Gasteiger partial charge in [0, 0.05) is 49.0 Å². The Labute approximate surface area is 252 Å². The zero-order chi connectivity index (χ0) is 31.2. The average molecular weight is 639 g/mol. The third kappa shape index (κ3) is 8.32. The molecule has 2 N–H and O–H groups in total. The number of piperazine rings is 1. The SMILES string of the molecule is CCOC(=O)N1CCN(C(=O)c2ccc(NCCc3ccc(Cl)cc3)c(S(=O)(=O)Nc3cccc(C(F)(F)F)c3)c2)CC1. The standard InChI is InChI=1S/C29H30ClF3N4O5S/c1-2-42-28(39)37-16-14-36(15-17-37)27(38)21-8-11-25(34-13-12-20-6-9-23(30)10-7-20)26(18-21)43(40,41)35-24-5-3-4-22(19-24)29(31,32)33/h3-11,18-19,34-35H,2,12-17H2,1H3. The van der Waals surface area contributed by atoms with Gasteiger partial charge in [-0.15, -0.1) is 0 Å². The number of hydrogen-bond acceptors (Lipinski definition) is 6. The lowest BCUT2D eigenvalue weighted by atomic mass is 10.1. The van der Waals surface area contributed by atoms with E-state index in [1.807, 2.05) is 12.1 Å². The Morgan fingerprint density at radius 2 is 1.63 bits per heavy atom. The number of halogens is 4. The fraction of sp³-hybridized carbons (Fsp3) is 0.310. The summed E-state index contributed by atoms with van der Waals surface area (Å²) in [6.45, 7) is 3.16. The first-order valence-electron chi connectivity index (χ1n) is 13.4. The normalized spacial score (nSPS) is 13.9. The van der Waals surface area contributed by atoms with Crippen LogP contribution in [0, 0.1) is 0 Å². The van der Waals surface area contributed by atoms with E-state index < -0.39 is 33.8 Å². The lowest BCUT2D eigenvalue weighted by Crippen LogP contribution is -2.50. The van der Waals surface area contributed by atoms with Crippen molar-refractivity contribution in [2.75, 3.05) is 49.4 Å². The van der Waals surface area contributed by atoms with E-state index >= 15 is 0 Å². The quantitative estimate of drug-likeness (QED) is 0.310. The summed E-state index contributed by atoms with van der Waals surface area (Å²) < 4.78 is 74.1. The Hall–Kier alpha value is -3.97. The number of nitrogens with one attached hydrogen (secondary N) is 2. The highest BCUT2D eigenvalue weighted by molar-refractivity contribution is 7.92. The van der Waals surface area contributed by atoms with Crippen LogP contribution in [0.15, 0.2) is 71.6 Å². The van der Waals surface area contributed by atoms with Crippen molar-refractivity contribution >= 4 is 45.0 Å². The van der Waals surface area contributed by atoms with Crippen LogP contribution in [0.2, 0.25) is 5.02 Å². The number of hydrogen-bond donors (Lipinski definition) is 2. The molecule has 0 aromatic heterocycles. The van der Waals surface area contributed by atoms with Crippen LogP contribution in [0.1, 0.15) is 28.4 Å². The topological polar surface area (TPSA) is 108 Å². The molecular formula is C29H30ClF3N4O5S. The van der Waals surface area contributed by atoms with Gasteiger partial charge in [0.2, 0.25) is 0 Å². The Bertz CT molecular complexity index is 1560. The predicted molar refractivity (Wildman–Crippen MR) is 157 cm³/mol. The first kappa shape index (κ1) is 32.0. The number of sulfonamides is 1. The molecule has 0 bridgehead atoms. The Morgan fingerprint density at radius 3 is 2.28 bits per heavy atom. The van der Waals surface area contributed by atoms with Crippen LogP contribution in [0.3, 0.4) is 0 Å². The molecule has 1 heterocycles. The van der Waals surface area contributed by atoms with Gasteiger partial charge in [-0.2, -0.15) is 13.2 Å². The van der Waals surface area contributed by atoms with Crippen molar-refractivity contribution in [3.63, 3.8) is 0 Å². The first-order valence-corrected chi connectivity index (χ1v) is 15.3. The molecule has 3 aromatic rings. The molecule has 0 saturated carbocycles. The second-order valence-electron chi connectivity index (χ2n) is 9.68. The molecule has 0 aliphatic carbocycles. The minimum atomic E-state index is -4.67. The maximum atomic E-state index is 13.6. The maximum Gasteiger partial charge on any atom is 0.416 e. The highest BCUT2D eigenvalue weighted by atomic mass is 35.5. The number of ether oxygens (including phenoxy) is 1. The third-order valence-electron chi connectivity index (χ3n) is 6.70. The van der Waals surface area contributed by atoms with Crippen LogP contribution >= 0.6 is 11.6 Å². The number of rotatable bonds is 9. The molecule has 14 heteroatoms. The van der Waals surface area contributed by atoms with Crippen LogP contribution in [0.25, 0.3) is 0 Å². The number of amides is 2. The second kappa shape index (κ2) is 13.6. The number of carbonyl (C=O) groups is 2. The summed E-state index contributed by atoms with van der Waals surface area (Å²) in [6, 6.07) is 15.1. The fourth-order valence-corrected chi connectivity index (χ4v) is 5.86. The predicted octanol–water partition coefficient (Wildman–Crippen LogP) is 5.73. The van der Waals surface area contributed by atoms with E-state index in [2.05, 4.69) is 10.0 Å². The Kier molecular flexibility index (Phi) is 10.1. The van der Waals surface area contributed by atoms with E-state index in [1.54, 1.807) is 19.1 Å². The van der Waals surface area contributed by atoms with Gasteiger partial charge in [-0.05, 0) is 67.4 Å². The van der Waals surface area contributed by atoms with Gasteiger partial charge in [-0.25, -0.2) is 13.2 Å². The molecular weight excluding hydrogens is 609 g/mol. The zero-order valence-electron chi connectivity index (χ0n) is 23.2. The molecule has 1 aliphatic rings. The minimum Gasteiger partial charge on any atom is -0.450 e. The highest BCUT2D eigenvalue weighted by Crippen LogP contribution is 2.32. The summed E-state index contributed by atoms with van der Waals surface area (Å²) in [7, 11) is -4.46. The van der Waals surface area contributed by atoms with E-state index in [0.29, 0.717) is 24.1 Å². The largest absolute Gasteiger partial charge is 0.450 e. The molecule has 230 valence electrons. The van der Waals surface area contributed by atoms with Crippen molar-refractivity contribution in [1.82, 2.24) is 9.80 Å². The zero-order valence-corrected chi connectivity index (χ0v) is 24.7. The van der Waals surface area contributed by atoms with Gasteiger partial charge in [-0.3, -0.25) is 9.52 Å². The van der Waals surface area contributed by atoms with E-state index in [4.69, 9.17) is 16.3 Å². The Morgan fingerprint density at radius 1 is 0.953 bits per heavy atom. The summed E-state index contributed by atoms with van der Waals surface area (Å²) >= 11 is 5.94. The molecule has 0 atom stereocenters. The average Bonchev–Trinajstić information content (AvgIpc) is 2.97. The van der Waals surface area contributed by atoms with E-state index in [1.165, 1.54) is 34.1 Å². The second-order valence-corrected chi connectivity index (χ2v) is 11.8. The van der Waals surface area contributed by atoms with Gasteiger partial charge in [0.25, 0.3) is 15.9 Å². The van der Waals surface area contributed by atoms with E-state index in [0.717, 1.165) is 17.7 Å². The van der Waals surface area contributed by atoms with Gasteiger partial charge in [0.1, 0.15) is 4.90 Å². The molecule has 0 radical (unpaired) electrons. The number of alkyl halides is 3. The van der Waals surface area contributed by atoms with E-state index in [-0.39, 0.29) is 54.6 Å². The molecule has 9 nitrogen and oxygen atoms in total. The third-order valence-corrected chi connectivity index (χ3v) is 8.37. The lowest BCUT2D eigenvalue weighted by Gasteiger charge is -2.34. The monoisotopic (exact) mass is 638 g/mol. The van der Waals surface area contributed by atoms with Gasteiger partial charge < -0.3 is 19.9 Å². The molecule has 43 heavy (non-hydrogen) atoms. The van der Waals surface area contributed by atoms with Crippen LogP contribution in [-0.4, -0.2) is 69.5 Å². The molecule has 1 aliphatic heterocycles. The number of anilines is 2. The van der Waals surface area contributed by atoms with Gasteiger partial charge >= 0.3 is 12.3 Å². The smallest absolute Gasteiger partial charge is 0.416 e. The van der Waals surface area contributed by atoms with Crippen LogP contribution in [0.4, 0.5) is 29.3 Å². The summed E-state index contributed by atoms with van der Waals surface area (Å²) in [5, 5.41) is 3.64. The minimum absolute atomic E-state index is 0.0669. The molecule has 1 saturated heterocycles. The Balaban J connectivity index is 1.58. The van der Waals surface area contributed by atoms with Crippen molar-refractivity contribution in [3.8, 4) is 0 Å². The lowest BCUT2D eigenvalue weighted by molar-refractivity contribution is -0.137. The number of nitrogens with zero attached hydrogens (tertiary/aromatic N) is 2. The van der Waals surface area contributed by atoms with Crippen LogP contribution < -0.4 is 10.0 Å². The van der Waals surface area contributed by atoms with Crippen LogP contribution in [-0.2, 0) is 27.4 Å². The van der Waals surface area contributed by atoms with Gasteiger partial charge in [0.15, 0.2) is 0 Å². The molecule has 0 spiro atoms. The molecule has 1 fully saturated rings. The summed E-state index contributed by atoms with van der Waals surface area (Å²) in [5.74, 6) is -0.452. The van der Waals surface area contributed by atoms with Crippen molar-refractivity contribution in [1.29, 1.82) is 0 Å². The number of carbonyl (C=O) groups excluding carboxylic acids is 2. The summed E-state index contributed by atoms with van der Waals surface area (Å²) in [5.41, 5.74) is -0.125. The molecule has 4 rings (SSSR count). The van der Waals surface area contributed by atoms with Crippen molar-refractivity contribution < 1.29 is 35.9 Å². The summed E-state index contributed by atoms with van der Waals surface area (Å²) in [4.78, 5) is 28.0. The number of benzene rings is 3. The van der Waals surface area contributed by atoms with E-state index in [9.17, 15) is 31.2 Å². The molecule has 3 aromatic carbocycles. The highest BCUT2D eigenvalue weighted by Gasteiger charge is 2.31. The van der Waals surface area contributed by atoms with Crippen molar-refractivity contribution in [2.24, 2.45) is 0 Å². The van der Waals surface area contributed by atoms with Gasteiger partial charge in [-0.1, -0.05) is 29.8 Å². The van der Waals surface area contributed by atoms with Crippen LogP contribution in [0.5, 0.6) is 0 Å². The van der Waals surface area contributed by atoms with Gasteiger partial charge in [0.05, 0.1) is 17.9 Å².